The third-order valence-electron chi connectivity index (χ3n) is 3.73. The maximum absolute atomic E-state index is 12.9. The van der Waals surface area contributed by atoms with Crippen molar-refractivity contribution in [2.75, 3.05) is 0 Å². The summed E-state index contributed by atoms with van der Waals surface area (Å²) in [6, 6.07) is 10.5. The van der Waals surface area contributed by atoms with E-state index >= 15 is 0 Å². The van der Waals surface area contributed by atoms with Gasteiger partial charge in [-0.15, -0.1) is 0 Å². The molecule has 0 spiro atoms. The molecule has 0 fully saturated rings. The monoisotopic (exact) mass is 398 g/mol. The topological polar surface area (TPSA) is 65.0 Å². The van der Waals surface area contributed by atoms with Gasteiger partial charge in [-0.25, -0.2) is 0 Å². The third-order valence-corrected chi connectivity index (χ3v) is 3.73. The highest BCUT2D eigenvalue weighted by Gasteiger charge is 2.19. The van der Waals surface area contributed by atoms with Crippen molar-refractivity contribution in [3.05, 3.63) is 53.6 Å². The van der Waals surface area contributed by atoms with Crippen molar-refractivity contribution in [2.24, 2.45) is 0 Å². The summed E-state index contributed by atoms with van der Waals surface area (Å²) in [5.41, 5.74) is 0.883. The lowest BCUT2D eigenvalue weighted by molar-refractivity contribution is 0.103. The van der Waals surface area contributed by atoms with Crippen LogP contribution in [-0.2, 0) is 0 Å². The molecule has 0 atom stereocenters. The first kappa shape index (κ1) is 22.3. The number of hydrogen-bond donors (Lipinski definition) is 1. The highest BCUT2D eigenvalue weighted by atomic mass is 16.5. The normalized spacial score (nSPS) is 11.5. The number of benzene rings is 2. The van der Waals surface area contributed by atoms with E-state index in [9.17, 15) is 9.90 Å². The molecular weight excluding hydrogens is 368 g/mol. The number of ether oxygens (including phenoxy) is 3. The molecule has 5 heteroatoms. The van der Waals surface area contributed by atoms with Gasteiger partial charge in [-0.2, -0.15) is 0 Å². The molecular formula is C24H30O5. The molecule has 0 radical (unpaired) electrons. The molecule has 2 aromatic rings. The Labute approximate surface area is 172 Å². The molecule has 2 aromatic carbocycles. The summed E-state index contributed by atoms with van der Waals surface area (Å²) in [4.78, 5) is 12.9. The number of carbonyl (C=O) groups is 1. The molecule has 2 rings (SSSR count). The van der Waals surface area contributed by atoms with Gasteiger partial charge in [0.15, 0.2) is 5.78 Å². The van der Waals surface area contributed by atoms with E-state index in [-0.39, 0.29) is 41.2 Å². The number of phenols is 1. The van der Waals surface area contributed by atoms with Crippen molar-refractivity contribution in [1.29, 1.82) is 0 Å². The van der Waals surface area contributed by atoms with Gasteiger partial charge < -0.3 is 19.3 Å². The van der Waals surface area contributed by atoms with E-state index in [1.165, 1.54) is 12.1 Å². The number of hydrogen-bond acceptors (Lipinski definition) is 5. The first-order chi connectivity index (χ1) is 13.7. The fourth-order valence-electron chi connectivity index (χ4n) is 2.74. The summed E-state index contributed by atoms with van der Waals surface area (Å²) in [7, 11) is 0. The zero-order chi connectivity index (χ0) is 21.6. The van der Waals surface area contributed by atoms with Crippen LogP contribution in [0, 0.1) is 0 Å². The molecule has 0 saturated carbocycles. The Morgan fingerprint density at radius 3 is 2.07 bits per heavy atom. The highest BCUT2D eigenvalue weighted by molar-refractivity contribution is 6.10. The van der Waals surface area contributed by atoms with Crippen LogP contribution in [0.2, 0.25) is 0 Å². The van der Waals surface area contributed by atoms with Crippen LogP contribution in [0.25, 0.3) is 6.08 Å². The molecule has 0 aromatic heterocycles. The first-order valence-electron chi connectivity index (χ1n) is 9.85. The minimum Gasteiger partial charge on any atom is -0.507 e. The zero-order valence-electron chi connectivity index (χ0n) is 17.9. The van der Waals surface area contributed by atoms with E-state index in [1.807, 2.05) is 65.8 Å². The molecule has 1 N–H and O–H groups in total. The lowest BCUT2D eigenvalue weighted by Crippen LogP contribution is -2.11. The zero-order valence-corrected chi connectivity index (χ0v) is 17.9. The number of ketones is 1. The Bertz CT molecular complexity index is 866. The largest absolute Gasteiger partial charge is 0.507 e. The van der Waals surface area contributed by atoms with Crippen LogP contribution in [-0.4, -0.2) is 29.2 Å². The maximum atomic E-state index is 12.9. The van der Waals surface area contributed by atoms with E-state index in [4.69, 9.17) is 14.2 Å². The summed E-state index contributed by atoms with van der Waals surface area (Å²) < 4.78 is 17.2. The van der Waals surface area contributed by atoms with E-state index in [0.29, 0.717) is 11.5 Å². The van der Waals surface area contributed by atoms with Gasteiger partial charge in [0, 0.05) is 17.7 Å². The first-order valence-corrected chi connectivity index (χ1v) is 9.85. The molecule has 0 aliphatic heterocycles. The van der Waals surface area contributed by atoms with Crippen molar-refractivity contribution in [2.45, 2.75) is 59.9 Å². The fraction of sp³-hybridized carbons (Fsp3) is 0.375. The van der Waals surface area contributed by atoms with Gasteiger partial charge in [0.05, 0.1) is 18.3 Å². The number of rotatable bonds is 9. The van der Waals surface area contributed by atoms with Gasteiger partial charge in [0.2, 0.25) is 0 Å². The molecule has 29 heavy (non-hydrogen) atoms. The minimum absolute atomic E-state index is 0.0174. The van der Waals surface area contributed by atoms with Crippen LogP contribution in [0.4, 0.5) is 0 Å². The molecule has 0 saturated heterocycles. The van der Waals surface area contributed by atoms with Gasteiger partial charge in [0.25, 0.3) is 0 Å². The summed E-state index contributed by atoms with van der Waals surface area (Å²) >= 11 is 0. The van der Waals surface area contributed by atoms with E-state index in [1.54, 1.807) is 12.1 Å². The number of phenolic OH excluding ortho intramolecular Hbond substituents is 1. The van der Waals surface area contributed by atoms with Gasteiger partial charge in [-0.05, 0) is 59.8 Å². The third kappa shape index (κ3) is 6.56. The van der Waals surface area contributed by atoms with Crippen molar-refractivity contribution in [3.63, 3.8) is 0 Å². The van der Waals surface area contributed by atoms with Crippen LogP contribution in [0.5, 0.6) is 23.0 Å². The van der Waals surface area contributed by atoms with Crippen molar-refractivity contribution in [1.82, 2.24) is 0 Å². The molecule has 0 amide bonds. The van der Waals surface area contributed by atoms with Crippen LogP contribution in [0.15, 0.2) is 42.5 Å². The van der Waals surface area contributed by atoms with Crippen LogP contribution in [0.3, 0.4) is 0 Å². The van der Waals surface area contributed by atoms with Crippen molar-refractivity contribution < 1.29 is 24.1 Å². The number of allylic oxidation sites excluding steroid dienone is 1. The molecule has 0 aliphatic rings. The summed E-state index contributed by atoms with van der Waals surface area (Å²) in [5.74, 6) is 0.880. The highest BCUT2D eigenvalue weighted by Crippen LogP contribution is 2.35. The van der Waals surface area contributed by atoms with Gasteiger partial charge in [-0.1, -0.05) is 18.2 Å². The molecule has 5 nitrogen and oxygen atoms in total. The quantitative estimate of drug-likeness (QED) is 0.437. The maximum Gasteiger partial charge on any atom is 0.193 e. The van der Waals surface area contributed by atoms with E-state index < -0.39 is 0 Å². The van der Waals surface area contributed by atoms with Crippen LogP contribution >= 0.6 is 0 Å². The average Bonchev–Trinajstić information content (AvgIpc) is 2.59. The second-order valence-electron chi connectivity index (χ2n) is 7.55. The van der Waals surface area contributed by atoms with Gasteiger partial charge in [-0.3, -0.25) is 4.79 Å². The second-order valence-corrected chi connectivity index (χ2v) is 7.55. The predicted octanol–water partition coefficient (Wildman–Crippen LogP) is 5.65. The van der Waals surface area contributed by atoms with Gasteiger partial charge >= 0.3 is 0 Å². The molecule has 156 valence electrons. The molecule has 0 aliphatic carbocycles. The van der Waals surface area contributed by atoms with Gasteiger partial charge in [0.1, 0.15) is 28.6 Å². The van der Waals surface area contributed by atoms with Crippen molar-refractivity contribution in [3.8, 4) is 23.0 Å². The number of aromatic hydroxyl groups is 1. The summed E-state index contributed by atoms with van der Waals surface area (Å²) in [6.45, 7) is 11.4. The Morgan fingerprint density at radius 1 is 0.862 bits per heavy atom. The Hall–Kier alpha value is -2.95. The molecule has 0 bridgehead atoms. The molecule has 0 unspecified atom stereocenters. The Balaban J connectivity index is 2.38. The van der Waals surface area contributed by atoms with E-state index in [2.05, 4.69) is 0 Å². The second kappa shape index (κ2) is 10.0. The smallest absolute Gasteiger partial charge is 0.193 e. The predicted molar refractivity (Wildman–Crippen MR) is 115 cm³/mol. The fourth-order valence-corrected chi connectivity index (χ4v) is 2.74. The Kier molecular flexibility index (Phi) is 7.71. The Morgan fingerprint density at radius 2 is 1.45 bits per heavy atom. The number of carbonyl (C=O) groups excluding carboxylic acids is 1. The SMILES string of the molecule is CC(C)Oc1cc(O)c(C(=O)/C=C/c2ccccc2OC(C)C)c(OC(C)C)c1. The molecule has 0 heterocycles. The lowest BCUT2D eigenvalue weighted by atomic mass is 10.1. The van der Waals surface area contributed by atoms with Crippen LogP contribution < -0.4 is 14.2 Å². The standard InChI is InChI=1S/C24H30O5/c1-15(2)27-19-13-21(26)24(23(14-19)29-17(5)6)20(25)12-11-18-9-7-8-10-22(18)28-16(3)4/h7-17,26H,1-6H3/b12-11+. The van der Waals surface area contributed by atoms with E-state index in [0.717, 1.165) is 5.56 Å². The van der Waals surface area contributed by atoms with Crippen LogP contribution in [0.1, 0.15) is 57.5 Å². The lowest BCUT2D eigenvalue weighted by Gasteiger charge is -2.17. The average molecular weight is 398 g/mol. The summed E-state index contributed by atoms with van der Waals surface area (Å²) in [6.07, 6.45) is 2.87. The minimum atomic E-state index is -0.367. The number of para-hydroxylation sites is 1. The summed E-state index contributed by atoms with van der Waals surface area (Å²) in [5, 5.41) is 10.5. The van der Waals surface area contributed by atoms with Crippen molar-refractivity contribution >= 4 is 11.9 Å².